The van der Waals surface area contributed by atoms with E-state index in [0.717, 1.165) is 22.4 Å². The zero-order chi connectivity index (χ0) is 14.8. The normalized spacial score (nSPS) is 12.6. The summed E-state index contributed by atoms with van der Waals surface area (Å²) in [4.78, 5) is 14.5. The van der Waals surface area contributed by atoms with Gasteiger partial charge in [0.15, 0.2) is 0 Å². The van der Waals surface area contributed by atoms with Crippen molar-refractivity contribution in [2.24, 2.45) is 5.92 Å². The average molecular weight is 275 g/mol. The standard InChI is InChI=1S/C19H17NO/c1-14(2)19(21)20-13-17-9-4-3-7-15(17)11-12-16-8-5-6-10-18(16)20/h3-10,14H,13H2,1-2H3. The Labute approximate surface area is 125 Å². The van der Waals surface area contributed by atoms with Gasteiger partial charge in [-0.3, -0.25) is 4.79 Å². The summed E-state index contributed by atoms with van der Waals surface area (Å²) in [7, 11) is 0. The number of carbonyl (C=O) groups excluding carboxylic acids is 1. The Morgan fingerprint density at radius 2 is 1.62 bits per heavy atom. The molecule has 0 saturated heterocycles. The first-order valence-electron chi connectivity index (χ1n) is 7.17. The number of hydrogen-bond donors (Lipinski definition) is 0. The van der Waals surface area contributed by atoms with Crippen LogP contribution in [0.4, 0.5) is 5.69 Å². The van der Waals surface area contributed by atoms with Gasteiger partial charge in [0.05, 0.1) is 12.2 Å². The van der Waals surface area contributed by atoms with Crippen molar-refractivity contribution >= 4 is 11.6 Å². The van der Waals surface area contributed by atoms with Crippen LogP contribution >= 0.6 is 0 Å². The van der Waals surface area contributed by atoms with Gasteiger partial charge in [0.2, 0.25) is 5.91 Å². The molecule has 0 unspecified atom stereocenters. The van der Waals surface area contributed by atoms with Crippen molar-refractivity contribution in [2.75, 3.05) is 4.90 Å². The number of nitrogens with zero attached hydrogens (tertiary/aromatic N) is 1. The van der Waals surface area contributed by atoms with Crippen LogP contribution < -0.4 is 4.90 Å². The summed E-state index contributed by atoms with van der Waals surface area (Å²) >= 11 is 0. The van der Waals surface area contributed by atoms with Crippen LogP contribution in [0.2, 0.25) is 0 Å². The summed E-state index contributed by atoms with van der Waals surface area (Å²) in [6, 6.07) is 15.9. The highest BCUT2D eigenvalue weighted by atomic mass is 16.2. The van der Waals surface area contributed by atoms with E-state index in [2.05, 4.69) is 11.8 Å². The lowest BCUT2D eigenvalue weighted by molar-refractivity contribution is -0.121. The number of carbonyl (C=O) groups is 1. The summed E-state index contributed by atoms with van der Waals surface area (Å²) in [5.41, 5.74) is 3.89. The lowest BCUT2D eigenvalue weighted by atomic mass is 10.0. The van der Waals surface area contributed by atoms with Crippen LogP contribution in [0.5, 0.6) is 0 Å². The van der Waals surface area contributed by atoms with E-state index in [1.807, 2.05) is 67.3 Å². The second-order valence-corrected chi connectivity index (χ2v) is 5.50. The van der Waals surface area contributed by atoms with Crippen LogP contribution in [0, 0.1) is 17.8 Å². The Balaban J connectivity index is 2.19. The third-order valence-electron chi connectivity index (χ3n) is 3.63. The molecule has 2 aromatic rings. The van der Waals surface area contributed by atoms with Crippen LogP contribution in [0.25, 0.3) is 0 Å². The van der Waals surface area contributed by atoms with Crippen molar-refractivity contribution in [3.63, 3.8) is 0 Å². The quantitative estimate of drug-likeness (QED) is 0.728. The molecule has 0 saturated carbocycles. The Kier molecular flexibility index (Phi) is 3.50. The van der Waals surface area contributed by atoms with E-state index in [4.69, 9.17) is 0 Å². The Bertz CT molecular complexity index is 749. The van der Waals surface area contributed by atoms with Gasteiger partial charge in [0, 0.05) is 17.0 Å². The van der Waals surface area contributed by atoms with Crippen LogP contribution in [0.15, 0.2) is 48.5 Å². The van der Waals surface area contributed by atoms with E-state index < -0.39 is 0 Å². The summed E-state index contributed by atoms with van der Waals surface area (Å²) in [5, 5.41) is 0. The first-order valence-corrected chi connectivity index (χ1v) is 7.17. The molecule has 0 fully saturated rings. The van der Waals surface area contributed by atoms with Crippen LogP contribution in [-0.2, 0) is 11.3 Å². The van der Waals surface area contributed by atoms with Crippen molar-refractivity contribution < 1.29 is 4.79 Å². The minimum atomic E-state index is -0.0439. The fourth-order valence-corrected chi connectivity index (χ4v) is 2.49. The van der Waals surface area contributed by atoms with Gasteiger partial charge in [-0.15, -0.1) is 0 Å². The molecule has 2 aromatic carbocycles. The van der Waals surface area contributed by atoms with Crippen molar-refractivity contribution in [2.45, 2.75) is 20.4 Å². The maximum Gasteiger partial charge on any atom is 0.229 e. The van der Waals surface area contributed by atoms with Crippen molar-refractivity contribution in [1.29, 1.82) is 0 Å². The molecule has 2 nitrogen and oxygen atoms in total. The SMILES string of the molecule is CC(C)C(=O)N1Cc2ccccc2C#Cc2ccccc21. The lowest BCUT2D eigenvalue weighted by Gasteiger charge is -2.27. The largest absolute Gasteiger partial charge is 0.306 e. The van der Waals surface area contributed by atoms with Gasteiger partial charge in [0.1, 0.15) is 0 Å². The van der Waals surface area contributed by atoms with Crippen LogP contribution in [-0.4, -0.2) is 5.91 Å². The first kappa shape index (κ1) is 13.5. The summed E-state index contributed by atoms with van der Waals surface area (Å²) in [6.07, 6.45) is 0. The van der Waals surface area contributed by atoms with Gasteiger partial charge in [-0.1, -0.05) is 56.0 Å². The molecule has 0 aliphatic carbocycles. The van der Waals surface area contributed by atoms with Gasteiger partial charge < -0.3 is 4.90 Å². The number of benzene rings is 2. The highest BCUT2D eigenvalue weighted by Crippen LogP contribution is 2.26. The van der Waals surface area contributed by atoms with Crippen molar-refractivity contribution in [3.05, 3.63) is 65.2 Å². The number of rotatable bonds is 1. The highest BCUT2D eigenvalue weighted by molar-refractivity contribution is 5.96. The predicted octanol–water partition coefficient (Wildman–Crippen LogP) is 3.59. The van der Waals surface area contributed by atoms with Gasteiger partial charge in [-0.05, 0) is 23.8 Å². The summed E-state index contributed by atoms with van der Waals surface area (Å²) in [6.45, 7) is 4.43. The fraction of sp³-hybridized carbons (Fsp3) is 0.211. The average Bonchev–Trinajstić information content (AvgIpc) is 2.49. The molecule has 0 radical (unpaired) electrons. The third kappa shape index (κ3) is 2.55. The molecule has 3 rings (SSSR count). The Hall–Kier alpha value is -2.53. The van der Waals surface area contributed by atoms with Gasteiger partial charge in [0.25, 0.3) is 0 Å². The highest BCUT2D eigenvalue weighted by Gasteiger charge is 2.22. The number of fused-ring (bicyclic) bond motifs is 2. The molecule has 2 heteroatoms. The molecule has 0 spiro atoms. The maximum atomic E-state index is 12.6. The smallest absolute Gasteiger partial charge is 0.229 e. The van der Waals surface area contributed by atoms with Gasteiger partial charge in [-0.2, -0.15) is 0 Å². The molecule has 0 bridgehead atoms. The Morgan fingerprint density at radius 1 is 1.00 bits per heavy atom. The zero-order valence-electron chi connectivity index (χ0n) is 12.3. The second kappa shape index (κ2) is 5.46. The second-order valence-electron chi connectivity index (χ2n) is 5.50. The van der Waals surface area contributed by atoms with Crippen LogP contribution in [0.3, 0.4) is 0 Å². The molecular weight excluding hydrogens is 258 g/mol. The lowest BCUT2D eigenvalue weighted by Crippen LogP contribution is -2.34. The predicted molar refractivity (Wildman–Crippen MR) is 84.9 cm³/mol. The van der Waals surface area contributed by atoms with Gasteiger partial charge >= 0.3 is 0 Å². The molecule has 1 heterocycles. The molecule has 21 heavy (non-hydrogen) atoms. The summed E-state index contributed by atoms with van der Waals surface area (Å²) in [5.74, 6) is 6.51. The molecule has 1 aliphatic heterocycles. The minimum Gasteiger partial charge on any atom is -0.306 e. The maximum absolute atomic E-state index is 12.6. The molecule has 0 N–H and O–H groups in total. The van der Waals surface area contributed by atoms with Crippen molar-refractivity contribution in [1.82, 2.24) is 0 Å². The van der Waals surface area contributed by atoms with E-state index in [1.54, 1.807) is 0 Å². The molecule has 1 amide bonds. The molecular formula is C19H17NO. The van der Waals surface area contributed by atoms with E-state index in [0.29, 0.717) is 6.54 Å². The van der Waals surface area contributed by atoms with Crippen molar-refractivity contribution in [3.8, 4) is 11.8 Å². The van der Waals surface area contributed by atoms with Crippen LogP contribution in [0.1, 0.15) is 30.5 Å². The topological polar surface area (TPSA) is 20.3 Å². The molecule has 0 aromatic heterocycles. The minimum absolute atomic E-state index is 0.0439. The number of amides is 1. The third-order valence-corrected chi connectivity index (χ3v) is 3.63. The summed E-state index contributed by atoms with van der Waals surface area (Å²) < 4.78 is 0. The van der Waals surface area contributed by atoms with E-state index in [1.165, 1.54) is 0 Å². The zero-order valence-corrected chi connectivity index (χ0v) is 12.3. The monoisotopic (exact) mass is 275 g/mol. The van der Waals surface area contributed by atoms with E-state index >= 15 is 0 Å². The number of hydrogen-bond acceptors (Lipinski definition) is 1. The van der Waals surface area contributed by atoms with E-state index in [9.17, 15) is 4.79 Å². The molecule has 1 aliphatic rings. The first-order chi connectivity index (χ1) is 10.2. The number of para-hydroxylation sites is 1. The van der Waals surface area contributed by atoms with E-state index in [-0.39, 0.29) is 11.8 Å². The van der Waals surface area contributed by atoms with Gasteiger partial charge in [-0.25, -0.2) is 0 Å². The molecule has 104 valence electrons. The number of anilines is 1. The fourth-order valence-electron chi connectivity index (χ4n) is 2.49. The molecule has 0 atom stereocenters. The Morgan fingerprint density at radius 3 is 2.38 bits per heavy atom.